The number of carbonyl (C=O) groups excluding carboxylic acids is 1. The van der Waals surface area contributed by atoms with Crippen molar-refractivity contribution < 1.29 is 4.79 Å². The number of hydrogen-bond acceptors (Lipinski definition) is 1. The average molecular weight is 311 g/mol. The number of aryl methyl sites for hydroxylation is 1. The Kier molecular flexibility index (Phi) is 5.01. The molecule has 1 aliphatic carbocycles. The van der Waals surface area contributed by atoms with Crippen LogP contribution < -0.4 is 10.6 Å². The lowest BCUT2D eigenvalue weighted by Crippen LogP contribution is -2.40. The molecule has 3 rings (SSSR count). The van der Waals surface area contributed by atoms with Crippen LogP contribution in [0.5, 0.6) is 0 Å². The Hall–Kier alpha value is -2.23. The summed E-state index contributed by atoms with van der Waals surface area (Å²) in [4.78, 5) is 12.0. The van der Waals surface area contributed by atoms with Crippen molar-refractivity contribution in [3.8, 4) is 0 Å². The fraction of sp³-hybridized carbons (Fsp3) is 0.421. The third kappa shape index (κ3) is 4.38. The number of nitrogens with zero attached hydrogens (tertiary/aromatic N) is 1. The summed E-state index contributed by atoms with van der Waals surface area (Å²) < 4.78 is 2.19. The minimum absolute atomic E-state index is 0.0554. The van der Waals surface area contributed by atoms with Crippen LogP contribution in [-0.2, 0) is 13.1 Å². The van der Waals surface area contributed by atoms with Crippen molar-refractivity contribution in [3.63, 3.8) is 0 Å². The highest BCUT2D eigenvalue weighted by molar-refractivity contribution is 5.74. The van der Waals surface area contributed by atoms with Crippen molar-refractivity contribution in [1.82, 2.24) is 15.2 Å². The molecule has 1 aliphatic rings. The highest BCUT2D eigenvalue weighted by atomic mass is 16.2. The van der Waals surface area contributed by atoms with E-state index in [2.05, 4.69) is 58.7 Å². The second kappa shape index (κ2) is 7.36. The van der Waals surface area contributed by atoms with Gasteiger partial charge < -0.3 is 15.2 Å². The van der Waals surface area contributed by atoms with Crippen molar-refractivity contribution in [2.24, 2.45) is 0 Å². The molecule has 0 unspecified atom stereocenters. The van der Waals surface area contributed by atoms with Crippen LogP contribution in [0.2, 0.25) is 0 Å². The monoisotopic (exact) mass is 311 g/mol. The molecule has 4 nitrogen and oxygen atoms in total. The third-order valence-corrected chi connectivity index (χ3v) is 4.48. The molecule has 2 aromatic rings. The lowest BCUT2D eigenvalue weighted by Gasteiger charge is -2.14. The molecular formula is C19H25N3O. The van der Waals surface area contributed by atoms with E-state index in [0.717, 1.165) is 25.1 Å². The molecule has 0 spiro atoms. The van der Waals surface area contributed by atoms with Crippen LogP contribution in [0.4, 0.5) is 4.79 Å². The van der Waals surface area contributed by atoms with Crippen LogP contribution in [0, 0.1) is 6.92 Å². The minimum Gasteiger partial charge on any atom is -0.345 e. The number of urea groups is 1. The van der Waals surface area contributed by atoms with Gasteiger partial charge in [0, 0.05) is 24.5 Å². The highest BCUT2D eigenvalue weighted by Gasteiger charge is 2.16. The second-order valence-corrected chi connectivity index (χ2v) is 6.42. The zero-order chi connectivity index (χ0) is 16.1. The Balaban J connectivity index is 1.54. The lowest BCUT2D eigenvalue weighted by molar-refractivity contribution is 0.236. The first-order valence-electron chi connectivity index (χ1n) is 8.44. The third-order valence-electron chi connectivity index (χ3n) is 4.48. The zero-order valence-corrected chi connectivity index (χ0v) is 13.7. The van der Waals surface area contributed by atoms with Crippen LogP contribution in [-0.4, -0.2) is 16.6 Å². The van der Waals surface area contributed by atoms with E-state index in [1.807, 2.05) is 6.07 Å². The largest absolute Gasteiger partial charge is 0.345 e. The van der Waals surface area contributed by atoms with Crippen molar-refractivity contribution in [1.29, 1.82) is 0 Å². The Morgan fingerprint density at radius 2 is 2.04 bits per heavy atom. The topological polar surface area (TPSA) is 46.1 Å². The van der Waals surface area contributed by atoms with E-state index < -0.39 is 0 Å². The average Bonchev–Trinajstić information content (AvgIpc) is 3.17. The Labute approximate surface area is 137 Å². The molecule has 0 saturated heterocycles. The van der Waals surface area contributed by atoms with Crippen molar-refractivity contribution >= 4 is 6.03 Å². The van der Waals surface area contributed by atoms with Crippen LogP contribution in [0.1, 0.15) is 42.5 Å². The minimum atomic E-state index is -0.0554. The normalized spacial score (nSPS) is 14.8. The SMILES string of the molecule is Cc1cccc(Cn2cccc2CNC(=O)NC2CCCC2)c1. The molecule has 0 atom stereocenters. The van der Waals surface area contributed by atoms with E-state index in [9.17, 15) is 4.79 Å². The maximum atomic E-state index is 12.0. The number of aromatic nitrogens is 1. The fourth-order valence-electron chi connectivity index (χ4n) is 3.25. The lowest BCUT2D eigenvalue weighted by atomic mass is 10.1. The highest BCUT2D eigenvalue weighted by Crippen LogP contribution is 2.17. The van der Waals surface area contributed by atoms with Gasteiger partial charge in [0.25, 0.3) is 0 Å². The van der Waals surface area contributed by atoms with Crippen molar-refractivity contribution in [3.05, 3.63) is 59.4 Å². The molecule has 1 saturated carbocycles. The molecule has 1 heterocycles. The Morgan fingerprint density at radius 3 is 2.83 bits per heavy atom. The van der Waals surface area contributed by atoms with Crippen LogP contribution in [0.3, 0.4) is 0 Å². The van der Waals surface area contributed by atoms with Crippen LogP contribution in [0.15, 0.2) is 42.6 Å². The van der Waals surface area contributed by atoms with Crippen molar-refractivity contribution in [2.45, 2.75) is 51.7 Å². The Morgan fingerprint density at radius 1 is 1.22 bits per heavy atom. The molecule has 122 valence electrons. The maximum Gasteiger partial charge on any atom is 0.315 e. The fourth-order valence-corrected chi connectivity index (χ4v) is 3.25. The first-order chi connectivity index (χ1) is 11.2. The molecule has 2 amide bonds. The van der Waals surface area contributed by atoms with Gasteiger partial charge in [-0.1, -0.05) is 42.7 Å². The first kappa shape index (κ1) is 15.7. The summed E-state index contributed by atoms with van der Waals surface area (Å²) in [5.41, 5.74) is 3.66. The van der Waals surface area contributed by atoms with E-state index in [4.69, 9.17) is 0 Å². The van der Waals surface area contributed by atoms with E-state index >= 15 is 0 Å². The number of carbonyl (C=O) groups is 1. The molecule has 0 radical (unpaired) electrons. The molecule has 0 aliphatic heterocycles. The zero-order valence-electron chi connectivity index (χ0n) is 13.7. The molecular weight excluding hydrogens is 286 g/mol. The smallest absolute Gasteiger partial charge is 0.315 e. The first-order valence-corrected chi connectivity index (χ1v) is 8.44. The summed E-state index contributed by atoms with van der Waals surface area (Å²) in [6.07, 6.45) is 6.73. The van der Waals surface area contributed by atoms with Gasteiger partial charge in [-0.25, -0.2) is 4.79 Å². The number of hydrogen-bond donors (Lipinski definition) is 2. The summed E-state index contributed by atoms with van der Waals surface area (Å²) in [5.74, 6) is 0. The standard InChI is InChI=1S/C19H25N3O/c1-15-6-4-7-16(12-15)14-22-11-5-10-18(22)13-20-19(23)21-17-8-2-3-9-17/h4-7,10-12,17H,2-3,8-9,13-14H2,1H3,(H2,20,21,23). The van der Waals surface area contributed by atoms with Gasteiger partial charge in [0.05, 0.1) is 6.54 Å². The van der Waals surface area contributed by atoms with E-state index in [1.54, 1.807) is 0 Å². The summed E-state index contributed by atoms with van der Waals surface area (Å²) in [5, 5.41) is 6.04. The second-order valence-electron chi connectivity index (χ2n) is 6.42. The van der Waals surface area contributed by atoms with Gasteiger partial charge in [-0.2, -0.15) is 0 Å². The maximum absolute atomic E-state index is 12.0. The van der Waals surface area contributed by atoms with Gasteiger partial charge >= 0.3 is 6.03 Å². The quantitative estimate of drug-likeness (QED) is 0.871. The Bertz CT molecular complexity index is 656. The van der Waals surface area contributed by atoms with Gasteiger partial charge in [-0.3, -0.25) is 0 Å². The predicted octanol–water partition coefficient (Wildman–Crippen LogP) is 3.59. The summed E-state index contributed by atoms with van der Waals surface area (Å²) in [6.45, 7) is 3.49. The van der Waals surface area contributed by atoms with Crippen LogP contribution in [0.25, 0.3) is 0 Å². The van der Waals surface area contributed by atoms with Crippen LogP contribution >= 0.6 is 0 Å². The molecule has 1 aromatic heterocycles. The number of rotatable bonds is 5. The molecule has 1 aromatic carbocycles. The molecule has 0 bridgehead atoms. The predicted molar refractivity (Wildman–Crippen MR) is 92.3 cm³/mol. The number of nitrogens with one attached hydrogen (secondary N) is 2. The summed E-state index contributed by atoms with van der Waals surface area (Å²) in [6, 6.07) is 12.9. The van der Waals surface area contributed by atoms with Crippen molar-refractivity contribution in [2.75, 3.05) is 0 Å². The van der Waals surface area contributed by atoms with E-state index in [-0.39, 0.29) is 6.03 Å². The van der Waals surface area contributed by atoms with E-state index in [0.29, 0.717) is 12.6 Å². The summed E-state index contributed by atoms with van der Waals surface area (Å²) in [7, 11) is 0. The van der Waals surface area contributed by atoms with Gasteiger partial charge in [-0.15, -0.1) is 0 Å². The molecule has 2 N–H and O–H groups in total. The molecule has 1 fully saturated rings. The summed E-state index contributed by atoms with van der Waals surface area (Å²) >= 11 is 0. The van der Waals surface area contributed by atoms with Gasteiger partial charge in [-0.05, 0) is 37.5 Å². The number of benzene rings is 1. The van der Waals surface area contributed by atoms with Gasteiger partial charge in [0.2, 0.25) is 0 Å². The number of amides is 2. The molecule has 23 heavy (non-hydrogen) atoms. The molecule has 4 heteroatoms. The van der Waals surface area contributed by atoms with Gasteiger partial charge in [0.1, 0.15) is 0 Å². The van der Waals surface area contributed by atoms with Gasteiger partial charge in [0.15, 0.2) is 0 Å². The van der Waals surface area contributed by atoms with E-state index in [1.165, 1.54) is 24.0 Å².